The molecular formula is C52H95NO7. The summed E-state index contributed by atoms with van der Waals surface area (Å²) >= 11 is 0. The van der Waals surface area contributed by atoms with Crippen molar-refractivity contribution in [3.63, 3.8) is 0 Å². The molecule has 0 heterocycles. The predicted octanol–water partition coefficient (Wildman–Crippen LogP) is 12.9. The molecule has 0 fully saturated rings. The zero-order valence-electron chi connectivity index (χ0n) is 39.9. The molecule has 8 heteroatoms. The molecule has 0 radical (unpaired) electrons. The molecule has 0 bridgehead atoms. The van der Waals surface area contributed by atoms with Gasteiger partial charge in [-0.25, -0.2) is 0 Å². The molecule has 60 heavy (non-hydrogen) atoms. The Kier molecular flexibility index (Phi) is 41.4. The molecule has 0 spiro atoms. The highest BCUT2D eigenvalue weighted by molar-refractivity contribution is 5.70. The van der Waals surface area contributed by atoms with Crippen LogP contribution in [0.5, 0.6) is 0 Å². The average molecular weight is 846 g/mol. The first-order valence-electron chi connectivity index (χ1n) is 25.0. The number of allylic oxidation sites excluding steroid dienone is 6. The van der Waals surface area contributed by atoms with Gasteiger partial charge in [0.2, 0.25) is 0 Å². The third kappa shape index (κ3) is 40.9. The van der Waals surface area contributed by atoms with Gasteiger partial charge in [-0.2, -0.15) is 0 Å². The topological polar surface area (TPSA) is 102 Å². The Morgan fingerprint density at radius 1 is 0.500 bits per heavy atom. The van der Waals surface area contributed by atoms with Gasteiger partial charge in [0, 0.05) is 19.3 Å². The van der Waals surface area contributed by atoms with E-state index >= 15 is 0 Å². The van der Waals surface area contributed by atoms with Gasteiger partial charge in [0.05, 0.1) is 40.3 Å². The number of carbonyl (C=O) groups excluding carboxylic acids is 3. The average Bonchev–Trinajstić information content (AvgIpc) is 3.21. The van der Waals surface area contributed by atoms with Gasteiger partial charge >= 0.3 is 11.9 Å². The van der Waals surface area contributed by atoms with Crippen LogP contribution in [0.1, 0.15) is 226 Å². The van der Waals surface area contributed by atoms with Crippen molar-refractivity contribution in [3.8, 4) is 0 Å². The molecule has 0 rings (SSSR count). The third-order valence-corrected chi connectivity index (χ3v) is 11.3. The Morgan fingerprint density at radius 2 is 0.883 bits per heavy atom. The molecule has 0 aliphatic carbocycles. The van der Waals surface area contributed by atoms with E-state index in [0.717, 1.165) is 64.2 Å². The lowest BCUT2D eigenvalue weighted by atomic mass is 10.0. The lowest BCUT2D eigenvalue weighted by Crippen LogP contribution is -2.55. The molecule has 0 saturated heterocycles. The molecule has 0 aromatic rings. The fraction of sp³-hybridized carbons (Fsp3) is 0.827. The van der Waals surface area contributed by atoms with Crippen LogP contribution < -0.4 is 5.11 Å². The van der Waals surface area contributed by atoms with Crippen molar-refractivity contribution in [1.29, 1.82) is 0 Å². The van der Waals surface area contributed by atoms with Gasteiger partial charge < -0.3 is 28.6 Å². The van der Waals surface area contributed by atoms with E-state index < -0.39 is 18.1 Å². The first-order valence-corrected chi connectivity index (χ1v) is 25.0. The number of carbonyl (C=O) groups is 3. The summed E-state index contributed by atoms with van der Waals surface area (Å²) in [7, 11) is 5.41. The second-order valence-electron chi connectivity index (χ2n) is 18.1. The smallest absolute Gasteiger partial charge is 0.306 e. The van der Waals surface area contributed by atoms with Crippen LogP contribution in [-0.2, 0) is 28.6 Å². The zero-order valence-corrected chi connectivity index (χ0v) is 39.9. The monoisotopic (exact) mass is 846 g/mol. The van der Waals surface area contributed by atoms with Crippen LogP contribution in [-0.4, -0.2) is 75.5 Å². The molecule has 0 aliphatic heterocycles. The number of unbranched alkanes of at least 4 members (excludes halogenated alkanes) is 27. The number of quaternary nitrogens is 1. The molecule has 0 aliphatic rings. The van der Waals surface area contributed by atoms with E-state index in [1.807, 2.05) is 0 Å². The SMILES string of the molecule is CCCCCCC/C=C/C=C/C=C/CCCCCCCC(=O)OCC(COCCC(C(=O)[O-])[N+](C)(C)C)OC(=O)CCCCCCCCCCCCCCCCCCCC. The van der Waals surface area contributed by atoms with Gasteiger partial charge in [-0.1, -0.05) is 204 Å². The second kappa shape index (κ2) is 43.2. The van der Waals surface area contributed by atoms with E-state index in [1.165, 1.54) is 128 Å². The Bertz CT molecular complexity index is 1080. The summed E-state index contributed by atoms with van der Waals surface area (Å²) in [5, 5.41) is 11.7. The molecule has 0 N–H and O–H groups in total. The fourth-order valence-corrected chi connectivity index (χ4v) is 7.43. The van der Waals surface area contributed by atoms with Gasteiger partial charge in [0.1, 0.15) is 12.6 Å². The first kappa shape index (κ1) is 57.5. The van der Waals surface area contributed by atoms with Gasteiger partial charge in [0.15, 0.2) is 6.10 Å². The second-order valence-corrected chi connectivity index (χ2v) is 18.1. The molecule has 8 nitrogen and oxygen atoms in total. The van der Waals surface area contributed by atoms with E-state index in [0.29, 0.717) is 12.8 Å². The van der Waals surface area contributed by atoms with Crippen molar-refractivity contribution >= 4 is 17.9 Å². The normalized spacial score (nSPS) is 13.2. The number of esters is 2. The van der Waals surface area contributed by atoms with Gasteiger partial charge in [-0.15, -0.1) is 0 Å². The summed E-state index contributed by atoms with van der Waals surface area (Å²) in [4.78, 5) is 37.0. The van der Waals surface area contributed by atoms with Gasteiger partial charge in [-0.05, 0) is 38.5 Å². The van der Waals surface area contributed by atoms with Crippen LogP contribution >= 0.6 is 0 Å². The number of hydrogen-bond donors (Lipinski definition) is 0. The van der Waals surface area contributed by atoms with Crippen molar-refractivity contribution in [1.82, 2.24) is 0 Å². The molecule has 0 amide bonds. The van der Waals surface area contributed by atoms with E-state index in [2.05, 4.69) is 50.3 Å². The Morgan fingerprint density at radius 3 is 1.28 bits per heavy atom. The highest BCUT2D eigenvalue weighted by atomic mass is 16.6. The number of aliphatic carboxylic acids is 1. The first-order chi connectivity index (χ1) is 29.1. The highest BCUT2D eigenvalue weighted by Crippen LogP contribution is 2.16. The number of likely N-dealkylation sites (N-methyl/N-ethyl adjacent to an activating group) is 1. The number of nitrogens with zero attached hydrogens (tertiary/aromatic N) is 1. The minimum Gasteiger partial charge on any atom is -0.544 e. The number of carboxylic acids is 1. The zero-order chi connectivity index (χ0) is 44.2. The molecule has 0 aromatic carbocycles. The quantitative estimate of drug-likeness (QED) is 0.0260. The molecule has 0 saturated carbocycles. The minimum absolute atomic E-state index is 0.0369. The molecule has 2 atom stereocenters. The van der Waals surface area contributed by atoms with Gasteiger partial charge in [-0.3, -0.25) is 9.59 Å². The molecule has 350 valence electrons. The summed E-state index contributed by atoms with van der Waals surface area (Å²) in [6, 6.07) is -0.728. The van der Waals surface area contributed by atoms with Crippen LogP contribution in [0.15, 0.2) is 36.5 Å². The van der Waals surface area contributed by atoms with E-state index in [1.54, 1.807) is 21.1 Å². The van der Waals surface area contributed by atoms with E-state index in [4.69, 9.17) is 14.2 Å². The maximum atomic E-state index is 12.8. The summed E-state index contributed by atoms with van der Waals surface area (Å²) in [5.74, 6) is -1.75. The lowest BCUT2D eigenvalue weighted by Gasteiger charge is -2.34. The van der Waals surface area contributed by atoms with Crippen molar-refractivity contribution < 1.29 is 38.2 Å². The maximum absolute atomic E-state index is 12.8. The number of hydrogen-bond acceptors (Lipinski definition) is 7. The Labute approximate surface area is 370 Å². The Balaban J connectivity index is 4.29. The van der Waals surface area contributed by atoms with Crippen molar-refractivity contribution in [2.24, 2.45) is 0 Å². The fourth-order valence-electron chi connectivity index (χ4n) is 7.43. The number of rotatable bonds is 45. The van der Waals surface area contributed by atoms with Crippen molar-refractivity contribution in [2.75, 3.05) is 41.0 Å². The van der Waals surface area contributed by atoms with Crippen LogP contribution in [0, 0.1) is 0 Å². The summed E-state index contributed by atoms with van der Waals surface area (Å²) in [5.41, 5.74) is 0. The Hall–Kier alpha value is -2.45. The standard InChI is InChI=1S/C52H95NO7/c1-6-8-10-12-14-16-18-20-22-24-26-28-30-32-34-36-38-40-42-50(54)59-47-48(46-58-45-44-49(52(56)57)53(3,4)5)60-51(55)43-41-39-37-35-33-31-29-27-25-23-21-19-17-15-13-11-9-7-2/h18,20,22,24,26,28,48-49H,6-17,19,21,23,25,27,29-47H2,1-5H3/b20-18+,24-22+,28-26+. The third-order valence-electron chi connectivity index (χ3n) is 11.3. The molecule has 0 aromatic heterocycles. The van der Waals surface area contributed by atoms with Crippen molar-refractivity contribution in [3.05, 3.63) is 36.5 Å². The van der Waals surface area contributed by atoms with Crippen LogP contribution in [0.3, 0.4) is 0 Å². The van der Waals surface area contributed by atoms with E-state index in [9.17, 15) is 19.5 Å². The summed E-state index contributed by atoms with van der Waals surface area (Å²) in [6.45, 7) is 4.65. The summed E-state index contributed by atoms with van der Waals surface area (Å²) in [6.07, 6.45) is 50.2. The highest BCUT2D eigenvalue weighted by Gasteiger charge is 2.25. The van der Waals surface area contributed by atoms with E-state index in [-0.39, 0.29) is 42.7 Å². The lowest BCUT2D eigenvalue weighted by molar-refractivity contribution is -0.889. The molecule has 2 unspecified atom stereocenters. The predicted molar refractivity (Wildman–Crippen MR) is 250 cm³/mol. The largest absolute Gasteiger partial charge is 0.544 e. The van der Waals surface area contributed by atoms with Crippen molar-refractivity contribution in [2.45, 2.75) is 238 Å². The van der Waals surface area contributed by atoms with Crippen LogP contribution in [0.2, 0.25) is 0 Å². The van der Waals surface area contributed by atoms with Crippen LogP contribution in [0.4, 0.5) is 0 Å². The number of carboxylic acid groups (broad SMARTS) is 1. The maximum Gasteiger partial charge on any atom is 0.306 e. The van der Waals surface area contributed by atoms with Crippen LogP contribution in [0.25, 0.3) is 0 Å². The number of ether oxygens (including phenoxy) is 3. The molecular weight excluding hydrogens is 751 g/mol. The summed E-state index contributed by atoms with van der Waals surface area (Å²) < 4.78 is 17.2. The van der Waals surface area contributed by atoms with Gasteiger partial charge in [0.25, 0.3) is 0 Å². The minimum atomic E-state index is -1.13.